The molecule has 1 amide bonds. The maximum absolute atomic E-state index is 12.2. The predicted molar refractivity (Wildman–Crippen MR) is 92.5 cm³/mol. The van der Waals surface area contributed by atoms with Gasteiger partial charge in [0.05, 0.1) is 0 Å². The molecule has 4 heteroatoms. The molecular formula is C16H17IN2O. The van der Waals surface area contributed by atoms with Crippen molar-refractivity contribution in [3.05, 3.63) is 57.2 Å². The highest BCUT2D eigenvalue weighted by molar-refractivity contribution is 14.1. The van der Waals surface area contributed by atoms with E-state index in [0.29, 0.717) is 5.56 Å². The van der Waals surface area contributed by atoms with E-state index in [1.165, 1.54) is 0 Å². The average Bonchev–Trinajstić information content (AvgIpc) is 2.44. The van der Waals surface area contributed by atoms with Gasteiger partial charge >= 0.3 is 0 Å². The van der Waals surface area contributed by atoms with Crippen LogP contribution in [-0.2, 0) is 0 Å². The molecule has 0 saturated carbocycles. The number of carbonyl (C=O) groups is 1. The largest absolute Gasteiger partial charge is 0.385 e. The third-order valence-corrected chi connectivity index (χ3v) is 3.68. The van der Waals surface area contributed by atoms with Gasteiger partial charge in [0, 0.05) is 27.1 Å². The zero-order valence-electron chi connectivity index (χ0n) is 11.5. The molecule has 0 aliphatic rings. The second kappa shape index (κ2) is 6.74. The lowest BCUT2D eigenvalue weighted by molar-refractivity contribution is 0.102. The molecule has 2 aromatic rings. The van der Waals surface area contributed by atoms with Crippen LogP contribution in [0.2, 0.25) is 0 Å². The number of anilines is 2. The Bertz CT molecular complexity index is 608. The fourth-order valence-electron chi connectivity index (χ4n) is 1.93. The summed E-state index contributed by atoms with van der Waals surface area (Å²) in [6.45, 7) is 4.92. The van der Waals surface area contributed by atoms with Gasteiger partial charge in [-0.25, -0.2) is 0 Å². The lowest BCUT2D eigenvalue weighted by Crippen LogP contribution is -2.12. The molecule has 104 valence electrons. The molecule has 0 saturated heterocycles. The Hall–Kier alpha value is -1.56. The molecule has 0 atom stereocenters. The van der Waals surface area contributed by atoms with E-state index in [0.717, 1.165) is 27.1 Å². The first-order valence-corrected chi connectivity index (χ1v) is 7.59. The Labute approximate surface area is 132 Å². The number of hydrogen-bond donors (Lipinski definition) is 2. The molecule has 0 aliphatic carbocycles. The van der Waals surface area contributed by atoms with Gasteiger partial charge in [0.2, 0.25) is 0 Å². The molecule has 0 bridgehead atoms. The summed E-state index contributed by atoms with van der Waals surface area (Å²) in [6.07, 6.45) is 0. The van der Waals surface area contributed by atoms with Crippen molar-refractivity contribution in [2.45, 2.75) is 13.8 Å². The Morgan fingerprint density at radius 2 is 1.85 bits per heavy atom. The summed E-state index contributed by atoms with van der Waals surface area (Å²) in [4.78, 5) is 12.2. The molecule has 0 fully saturated rings. The number of benzene rings is 2. The molecule has 2 aromatic carbocycles. The van der Waals surface area contributed by atoms with Gasteiger partial charge in [0.15, 0.2) is 0 Å². The minimum Gasteiger partial charge on any atom is -0.385 e. The number of amides is 1. The van der Waals surface area contributed by atoms with Gasteiger partial charge in [-0.05, 0) is 84.5 Å². The average molecular weight is 380 g/mol. The smallest absolute Gasteiger partial charge is 0.255 e. The third kappa shape index (κ3) is 3.72. The van der Waals surface area contributed by atoms with E-state index in [-0.39, 0.29) is 5.91 Å². The zero-order valence-corrected chi connectivity index (χ0v) is 13.7. The van der Waals surface area contributed by atoms with Crippen molar-refractivity contribution in [1.29, 1.82) is 0 Å². The van der Waals surface area contributed by atoms with E-state index in [2.05, 4.69) is 40.1 Å². The van der Waals surface area contributed by atoms with Gasteiger partial charge in [0.25, 0.3) is 5.91 Å². The molecule has 2 rings (SSSR count). The molecule has 2 N–H and O–H groups in total. The summed E-state index contributed by atoms with van der Waals surface area (Å²) in [5.74, 6) is -0.0858. The number of nitrogens with one attached hydrogen (secondary N) is 2. The second-order valence-corrected chi connectivity index (χ2v) is 5.77. The fourth-order valence-corrected chi connectivity index (χ4v) is 2.29. The van der Waals surface area contributed by atoms with Gasteiger partial charge in [-0.1, -0.05) is 0 Å². The van der Waals surface area contributed by atoms with Crippen molar-refractivity contribution in [3.8, 4) is 0 Å². The van der Waals surface area contributed by atoms with E-state index in [1.54, 1.807) is 0 Å². The number of rotatable bonds is 4. The minimum absolute atomic E-state index is 0.0858. The summed E-state index contributed by atoms with van der Waals surface area (Å²) in [5, 5.41) is 6.17. The Balaban J connectivity index is 2.13. The summed E-state index contributed by atoms with van der Waals surface area (Å²) in [7, 11) is 0. The summed E-state index contributed by atoms with van der Waals surface area (Å²) >= 11 is 2.24. The van der Waals surface area contributed by atoms with Gasteiger partial charge < -0.3 is 10.6 Å². The summed E-state index contributed by atoms with van der Waals surface area (Å²) < 4.78 is 1.14. The summed E-state index contributed by atoms with van der Waals surface area (Å²) in [6, 6.07) is 13.4. The first kappa shape index (κ1) is 14.8. The van der Waals surface area contributed by atoms with Crippen molar-refractivity contribution >= 4 is 39.9 Å². The van der Waals surface area contributed by atoms with Crippen molar-refractivity contribution in [2.24, 2.45) is 0 Å². The van der Waals surface area contributed by atoms with Gasteiger partial charge in [-0.2, -0.15) is 0 Å². The number of aryl methyl sites for hydroxylation is 1. The van der Waals surface area contributed by atoms with Crippen LogP contribution in [-0.4, -0.2) is 12.5 Å². The lowest BCUT2D eigenvalue weighted by atomic mass is 10.1. The molecule has 0 aliphatic heterocycles. The number of halogens is 1. The molecular weight excluding hydrogens is 363 g/mol. The Morgan fingerprint density at radius 1 is 1.15 bits per heavy atom. The molecule has 0 spiro atoms. The number of hydrogen-bond acceptors (Lipinski definition) is 2. The second-order valence-electron chi connectivity index (χ2n) is 4.52. The van der Waals surface area contributed by atoms with E-state index >= 15 is 0 Å². The minimum atomic E-state index is -0.0858. The molecule has 20 heavy (non-hydrogen) atoms. The quantitative estimate of drug-likeness (QED) is 0.778. The standard InChI is InChI=1S/C16H17IN2O/c1-3-18-15-9-4-12(10-11(15)2)16(20)19-14-7-5-13(17)6-8-14/h4-10,18H,3H2,1-2H3,(H,19,20). The van der Waals surface area contributed by atoms with Crippen LogP contribution in [0.25, 0.3) is 0 Å². The highest BCUT2D eigenvalue weighted by atomic mass is 127. The number of carbonyl (C=O) groups excluding carboxylic acids is 1. The van der Waals surface area contributed by atoms with Crippen LogP contribution in [0.4, 0.5) is 11.4 Å². The SMILES string of the molecule is CCNc1ccc(C(=O)Nc2ccc(I)cc2)cc1C. The molecule has 0 unspecified atom stereocenters. The monoisotopic (exact) mass is 380 g/mol. The van der Waals surface area contributed by atoms with Gasteiger partial charge in [-0.15, -0.1) is 0 Å². The molecule has 0 radical (unpaired) electrons. The van der Waals surface area contributed by atoms with Crippen LogP contribution < -0.4 is 10.6 Å². The van der Waals surface area contributed by atoms with Crippen LogP contribution in [0.3, 0.4) is 0 Å². The van der Waals surface area contributed by atoms with Crippen LogP contribution in [0.5, 0.6) is 0 Å². The Morgan fingerprint density at radius 3 is 2.45 bits per heavy atom. The maximum atomic E-state index is 12.2. The Kier molecular flexibility index (Phi) is 5.00. The highest BCUT2D eigenvalue weighted by Gasteiger charge is 2.08. The van der Waals surface area contributed by atoms with Crippen molar-refractivity contribution < 1.29 is 4.79 Å². The van der Waals surface area contributed by atoms with Crippen molar-refractivity contribution in [3.63, 3.8) is 0 Å². The van der Waals surface area contributed by atoms with Crippen LogP contribution >= 0.6 is 22.6 Å². The summed E-state index contributed by atoms with van der Waals surface area (Å²) in [5.41, 5.74) is 3.62. The van der Waals surface area contributed by atoms with E-state index in [1.807, 2.05) is 49.4 Å². The predicted octanol–water partition coefficient (Wildman–Crippen LogP) is 4.28. The van der Waals surface area contributed by atoms with Gasteiger partial charge in [-0.3, -0.25) is 4.79 Å². The van der Waals surface area contributed by atoms with Crippen molar-refractivity contribution in [1.82, 2.24) is 0 Å². The lowest BCUT2D eigenvalue weighted by Gasteiger charge is -2.10. The van der Waals surface area contributed by atoms with Crippen molar-refractivity contribution in [2.75, 3.05) is 17.2 Å². The molecule has 3 nitrogen and oxygen atoms in total. The topological polar surface area (TPSA) is 41.1 Å². The first-order valence-electron chi connectivity index (χ1n) is 6.51. The van der Waals surface area contributed by atoms with E-state index < -0.39 is 0 Å². The van der Waals surface area contributed by atoms with Crippen LogP contribution in [0, 0.1) is 10.5 Å². The van der Waals surface area contributed by atoms with Crippen LogP contribution in [0.1, 0.15) is 22.8 Å². The normalized spacial score (nSPS) is 10.2. The fraction of sp³-hybridized carbons (Fsp3) is 0.188. The van der Waals surface area contributed by atoms with Gasteiger partial charge in [0.1, 0.15) is 0 Å². The first-order chi connectivity index (χ1) is 9.60. The van der Waals surface area contributed by atoms with E-state index in [9.17, 15) is 4.79 Å². The molecule has 0 aromatic heterocycles. The van der Waals surface area contributed by atoms with E-state index in [4.69, 9.17) is 0 Å². The molecule has 0 heterocycles. The van der Waals surface area contributed by atoms with Crippen LogP contribution in [0.15, 0.2) is 42.5 Å². The third-order valence-electron chi connectivity index (χ3n) is 2.96. The maximum Gasteiger partial charge on any atom is 0.255 e. The highest BCUT2D eigenvalue weighted by Crippen LogP contribution is 2.18. The zero-order chi connectivity index (χ0) is 14.5.